The molecular weight excluding hydrogens is 466 g/mol. The number of rotatable bonds is 11. The predicted molar refractivity (Wildman–Crippen MR) is 137 cm³/mol. The van der Waals surface area contributed by atoms with Gasteiger partial charge in [0.2, 0.25) is 0 Å². The largest absolute Gasteiger partial charge is 0.467 e. The van der Waals surface area contributed by atoms with Gasteiger partial charge in [0, 0.05) is 6.42 Å². The lowest BCUT2D eigenvalue weighted by Crippen LogP contribution is -2.52. The molecule has 0 bridgehead atoms. The number of hydrogen-bond donors (Lipinski definition) is 0. The van der Waals surface area contributed by atoms with Crippen molar-refractivity contribution in [3.05, 3.63) is 12.2 Å². The van der Waals surface area contributed by atoms with E-state index in [0.717, 1.165) is 32.1 Å². The molecule has 0 aliphatic rings. The average molecular weight is 514 g/mol. The summed E-state index contributed by atoms with van der Waals surface area (Å²) in [6.45, 7) is 15.5. The Bertz CT molecular complexity index is 725. The Labute approximate surface area is 216 Å². The van der Waals surface area contributed by atoms with Crippen LogP contribution in [0.4, 0.5) is 9.59 Å². The van der Waals surface area contributed by atoms with Gasteiger partial charge in [-0.1, -0.05) is 25.0 Å². The molecule has 0 heterocycles. The van der Waals surface area contributed by atoms with Crippen molar-refractivity contribution in [2.75, 3.05) is 7.11 Å². The fourth-order valence-electron chi connectivity index (χ4n) is 3.01. The van der Waals surface area contributed by atoms with Crippen LogP contribution in [-0.4, -0.2) is 59.0 Å². The molecule has 2 amide bonds. The van der Waals surface area contributed by atoms with Gasteiger partial charge in [0.05, 0.1) is 7.11 Å². The van der Waals surface area contributed by atoms with E-state index in [2.05, 4.69) is 0 Å². The van der Waals surface area contributed by atoms with Crippen molar-refractivity contribution in [3.8, 4) is 0 Å². The zero-order chi connectivity index (χ0) is 28.2. The zero-order valence-corrected chi connectivity index (χ0v) is 23.9. The van der Waals surface area contributed by atoms with Crippen molar-refractivity contribution in [2.45, 2.75) is 130 Å². The van der Waals surface area contributed by atoms with E-state index in [9.17, 15) is 19.2 Å². The summed E-state index contributed by atoms with van der Waals surface area (Å²) < 4.78 is 20.9. The third-order valence-corrected chi connectivity index (χ3v) is 4.41. The molecule has 0 aromatic carbocycles. The van der Waals surface area contributed by atoms with Crippen LogP contribution in [0.15, 0.2) is 12.2 Å². The Morgan fingerprint density at radius 2 is 1.17 bits per heavy atom. The lowest BCUT2D eigenvalue weighted by atomic mass is 10.1. The van der Waals surface area contributed by atoms with Crippen molar-refractivity contribution in [1.29, 1.82) is 0 Å². The van der Waals surface area contributed by atoms with Crippen LogP contribution in [0.5, 0.6) is 0 Å². The number of allylic oxidation sites excluding steroid dienone is 1. The van der Waals surface area contributed by atoms with Gasteiger partial charge in [0.1, 0.15) is 22.8 Å². The van der Waals surface area contributed by atoms with Crippen molar-refractivity contribution in [2.24, 2.45) is 0 Å². The van der Waals surface area contributed by atoms with Crippen molar-refractivity contribution in [1.82, 2.24) is 4.90 Å². The molecule has 9 heteroatoms. The molecule has 0 unspecified atom stereocenters. The Morgan fingerprint density at radius 1 is 0.694 bits per heavy atom. The van der Waals surface area contributed by atoms with Crippen molar-refractivity contribution in [3.63, 3.8) is 0 Å². The van der Waals surface area contributed by atoms with Gasteiger partial charge in [-0.2, -0.15) is 4.90 Å². The van der Waals surface area contributed by atoms with Crippen molar-refractivity contribution < 1.29 is 38.1 Å². The van der Waals surface area contributed by atoms with E-state index in [0.29, 0.717) is 11.3 Å². The fraction of sp³-hybridized carbons (Fsp3) is 0.778. The second-order valence-corrected chi connectivity index (χ2v) is 11.6. The molecule has 0 aliphatic carbocycles. The van der Waals surface area contributed by atoms with Gasteiger partial charge in [-0.05, 0) is 88.0 Å². The first kappa shape index (κ1) is 33.4. The second kappa shape index (κ2) is 14.9. The van der Waals surface area contributed by atoms with Crippen LogP contribution in [-0.2, 0) is 28.5 Å². The number of amides is 2. The Balaban J connectivity index is 5.01. The normalized spacial score (nSPS) is 13.2. The molecule has 0 radical (unpaired) electrons. The maximum absolute atomic E-state index is 12.8. The van der Waals surface area contributed by atoms with Gasteiger partial charge in [0.25, 0.3) is 0 Å². The minimum Gasteiger partial charge on any atom is -0.467 e. The molecule has 208 valence electrons. The number of ether oxygens (including phenoxy) is 4. The summed E-state index contributed by atoms with van der Waals surface area (Å²) in [6, 6.07) is -1.23. The van der Waals surface area contributed by atoms with Gasteiger partial charge < -0.3 is 18.9 Å². The number of esters is 2. The Kier molecular flexibility index (Phi) is 13.8. The summed E-state index contributed by atoms with van der Waals surface area (Å²) in [7, 11) is 1.19. The maximum atomic E-state index is 12.8. The van der Waals surface area contributed by atoms with Crippen molar-refractivity contribution >= 4 is 24.1 Å². The number of carbonyl (C=O) groups is 4. The predicted octanol–water partition coefficient (Wildman–Crippen LogP) is 6.33. The molecule has 0 aromatic heterocycles. The van der Waals surface area contributed by atoms with E-state index in [4.69, 9.17) is 18.9 Å². The highest BCUT2D eigenvalue weighted by atomic mass is 16.6. The summed E-state index contributed by atoms with van der Waals surface area (Å²) >= 11 is 0. The van der Waals surface area contributed by atoms with Gasteiger partial charge in [0.15, 0.2) is 0 Å². The first-order chi connectivity index (χ1) is 16.4. The summed E-state index contributed by atoms with van der Waals surface area (Å²) in [5, 5.41) is 0. The highest BCUT2D eigenvalue weighted by molar-refractivity contribution is 5.94. The van der Waals surface area contributed by atoms with Crippen LogP contribution in [0.2, 0.25) is 0 Å². The minimum absolute atomic E-state index is 0.0593. The zero-order valence-electron chi connectivity index (χ0n) is 23.9. The highest BCUT2D eigenvalue weighted by Gasteiger charge is 2.40. The maximum Gasteiger partial charge on any atom is 0.420 e. The van der Waals surface area contributed by atoms with Gasteiger partial charge in [-0.3, -0.25) is 4.79 Å². The first-order valence-electron chi connectivity index (χ1n) is 12.6. The molecule has 9 nitrogen and oxygen atoms in total. The molecule has 0 aliphatic heterocycles. The highest BCUT2D eigenvalue weighted by Crippen LogP contribution is 2.20. The van der Waals surface area contributed by atoms with E-state index < -0.39 is 41.0 Å². The monoisotopic (exact) mass is 513 g/mol. The fourth-order valence-corrected chi connectivity index (χ4v) is 3.01. The number of nitrogens with zero attached hydrogens (tertiary/aromatic N) is 1. The number of methoxy groups -OCH3 is 1. The average Bonchev–Trinajstić information content (AvgIpc) is 2.66. The quantitative estimate of drug-likeness (QED) is 0.136. The molecular formula is C27H47NO8. The molecule has 1 atom stereocenters. The van der Waals surface area contributed by atoms with E-state index in [1.165, 1.54) is 7.11 Å². The van der Waals surface area contributed by atoms with Crippen LogP contribution >= 0.6 is 0 Å². The van der Waals surface area contributed by atoms with Crippen LogP contribution < -0.4 is 0 Å². The number of carbonyl (C=O) groups excluding carboxylic acids is 4. The number of hydrogen-bond acceptors (Lipinski definition) is 8. The number of imide groups is 1. The molecule has 0 N–H and O–H groups in total. The summed E-state index contributed by atoms with van der Waals surface area (Å²) in [4.78, 5) is 50.6. The van der Waals surface area contributed by atoms with Gasteiger partial charge >= 0.3 is 24.1 Å². The van der Waals surface area contributed by atoms with Gasteiger partial charge in [-0.15, -0.1) is 0 Å². The molecule has 36 heavy (non-hydrogen) atoms. The van der Waals surface area contributed by atoms with E-state index in [1.807, 2.05) is 26.8 Å². The first-order valence-corrected chi connectivity index (χ1v) is 12.6. The third kappa shape index (κ3) is 16.2. The molecule has 0 rings (SSSR count). The van der Waals surface area contributed by atoms with E-state index >= 15 is 0 Å². The summed E-state index contributed by atoms with van der Waals surface area (Å²) in [5.74, 6) is -0.936. The molecule has 0 aromatic rings. The number of unbranched alkanes of at least 4 members (excludes halogenated alkanes) is 4. The second-order valence-electron chi connectivity index (χ2n) is 11.6. The lowest BCUT2D eigenvalue weighted by molar-refractivity contribution is -0.155. The van der Waals surface area contributed by atoms with Gasteiger partial charge in [-0.25, -0.2) is 14.4 Å². The molecule has 0 spiro atoms. The molecule has 0 saturated carbocycles. The smallest absolute Gasteiger partial charge is 0.420 e. The van der Waals surface area contributed by atoms with E-state index in [-0.39, 0.29) is 12.4 Å². The Hall–Kier alpha value is -2.58. The third-order valence-electron chi connectivity index (χ3n) is 4.41. The van der Waals surface area contributed by atoms with Crippen LogP contribution in [0.1, 0.15) is 107 Å². The van der Waals surface area contributed by atoms with E-state index in [1.54, 1.807) is 47.6 Å². The molecule has 0 saturated heterocycles. The standard InChI is InChI=1S/C27H47NO8/c1-25(2,3)34-21(29)19-17-15-13-11-12-14-16-18-20(22(30)33-10)28(23(31)35-26(4,5)6)24(32)36-27(7,8)9/h14,16,20H,11-13,15,17-19H2,1-10H3/b16-14+/t20-/m0/s1. The topological polar surface area (TPSA) is 108 Å². The Morgan fingerprint density at radius 3 is 1.61 bits per heavy atom. The van der Waals surface area contributed by atoms with Crippen LogP contribution in [0.3, 0.4) is 0 Å². The minimum atomic E-state index is -1.23. The molecule has 0 fully saturated rings. The summed E-state index contributed by atoms with van der Waals surface area (Å²) in [5.41, 5.74) is -2.22. The SMILES string of the molecule is COC(=O)[C@H](C/C=C/CCCCCCC(=O)OC(C)(C)C)N(C(=O)OC(C)(C)C)C(=O)OC(C)(C)C. The van der Waals surface area contributed by atoms with Crippen LogP contribution in [0, 0.1) is 0 Å². The summed E-state index contributed by atoms with van der Waals surface area (Å²) in [6.07, 6.45) is 6.40. The van der Waals surface area contributed by atoms with Crippen LogP contribution in [0.25, 0.3) is 0 Å². The lowest BCUT2D eigenvalue weighted by Gasteiger charge is -2.31.